The molecule has 0 amide bonds. The molecule has 3 heteroatoms. The molecule has 0 saturated carbocycles. The van der Waals surface area contributed by atoms with Gasteiger partial charge in [-0.15, -0.1) is 0 Å². The van der Waals surface area contributed by atoms with Crippen LogP contribution in [0.25, 0.3) is 0 Å². The summed E-state index contributed by atoms with van der Waals surface area (Å²) in [5, 5.41) is 0. The smallest absolute Gasteiger partial charge is 0.221 e. The van der Waals surface area contributed by atoms with Crippen molar-refractivity contribution in [3.05, 3.63) is 11.9 Å². The first-order valence-corrected chi connectivity index (χ1v) is 4.53. The first kappa shape index (κ1) is 7.93. The Morgan fingerprint density at radius 1 is 1.62 bits per heavy atom. The van der Waals surface area contributed by atoms with Gasteiger partial charge in [0.2, 0.25) is 7.37 Å². The molecule has 1 unspecified atom stereocenters. The van der Waals surface area contributed by atoms with E-state index in [9.17, 15) is 4.57 Å². The van der Waals surface area contributed by atoms with Crippen LogP contribution in [0.1, 0.15) is 6.92 Å². The molecule has 1 atom stereocenters. The molecule has 0 heterocycles. The zero-order valence-electron chi connectivity index (χ0n) is 5.42. The Morgan fingerprint density at radius 3 is 2.25 bits per heavy atom. The van der Waals surface area contributed by atoms with Gasteiger partial charge in [0.25, 0.3) is 0 Å². The lowest BCUT2D eigenvalue weighted by Gasteiger charge is -2.01. The molecule has 0 bridgehead atoms. The SMILES string of the molecule is CC=CP(C)(=O)OC. The van der Waals surface area contributed by atoms with Crippen molar-refractivity contribution in [1.29, 1.82) is 0 Å². The van der Waals surface area contributed by atoms with Gasteiger partial charge in [-0.05, 0) is 12.7 Å². The molecular weight excluding hydrogens is 123 g/mol. The molecule has 8 heavy (non-hydrogen) atoms. The Hall–Kier alpha value is -0.0700. The predicted molar refractivity (Wildman–Crippen MR) is 35.4 cm³/mol. The Labute approximate surface area is 50.0 Å². The summed E-state index contributed by atoms with van der Waals surface area (Å²) in [5.74, 6) is 1.58. The fourth-order valence-electron chi connectivity index (χ4n) is 0.332. The average molecular weight is 134 g/mol. The minimum atomic E-state index is -2.35. The van der Waals surface area contributed by atoms with E-state index in [1.807, 2.05) is 6.92 Å². The fraction of sp³-hybridized carbons (Fsp3) is 0.600. The molecule has 0 fully saturated rings. The molecule has 0 aliphatic carbocycles. The summed E-state index contributed by atoms with van der Waals surface area (Å²) in [6.45, 7) is 3.39. The van der Waals surface area contributed by atoms with Crippen LogP contribution in [-0.2, 0) is 9.09 Å². The normalized spacial score (nSPS) is 18.9. The Kier molecular flexibility index (Phi) is 3.03. The zero-order chi connectivity index (χ0) is 6.62. The van der Waals surface area contributed by atoms with Crippen molar-refractivity contribution >= 4 is 7.37 Å². The number of hydrogen-bond donors (Lipinski definition) is 0. The van der Waals surface area contributed by atoms with Crippen LogP contribution >= 0.6 is 7.37 Å². The molecule has 0 aromatic rings. The lowest BCUT2D eigenvalue weighted by molar-refractivity contribution is 0.407. The summed E-state index contributed by atoms with van der Waals surface area (Å²) < 4.78 is 15.5. The van der Waals surface area contributed by atoms with Crippen molar-refractivity contribution < 1.29 is 9.09 Å². The Morgan fingerprint density at radius 2 is 2.12 bits per heavy atom. The summed E-state index contributed by atoms with van der Waals surface area (Å²) in [6.07, 6.45) is 1.73. The van der Waals surface area contributed by atoms with E-state index in [-0.39, 0.29) is 0 Å². The van der Waals surface area contributed by atoms with Gasteiger partial charge in [0.05, 0.1) is 0 Å². The standard InChI is InChI=1S/C5H11O2P/c1-4-5-8(3,6)7-2/h4-5H,1-3H3. The van der Waals surface area contributed by atoms with Crippen LogP contribution in [-0.4, -0.2) is 13.8 Å². The van der Waals surface area contributed by atoms with Gasteiger partial charge in [0.15, 0.2) is 0 Å². The molecule has 0 aliphatic heterocycles. The van der Waals surface area contributed by atoms with Crippen LogP contribution in [0.15, 0.2) is 11.9 Å². The summed E-state index contributed by atoms with van der Waals surface area (Å²) in [4.78, 5) is 0. The second kappa shape index (κ2) is 3.06. The molecule has 0 rings (SSSR count). The summed E-state index contributed by atoms with van der Waals surface area (Å²) >= 11 is 0. The summed E-state index contributed by atoms with van der Waals surface area (Å²) in [7, 11) is -0.909. The van der Waals surface area contributed by atoms with Crippen LogP contribution in [0.3, 0.4) is 0 Å². The highest BCUT2D eigenvalue weighted by Crippen LogP contribution is 2.42. The van der Waals surface area contributed by atoms with E-state index in [0.29, 0.717) is 0 Å². The molecule has 0 spiro atoms. The van der Waals surface area contributed by atoms with Crippen molar-refractivity contribution in [2.75, 3.05) is 13.8 Å². The second-order valence-corrected chi connectivity index (χ2v) is 4.05. The van der Waals surface area contributed by atoms with Crippen LogP contribution < -0.4 is 0 Å². The highest BCUT2D eigenvalue weighted by molar-refractivity contribution is 7.61. The molecule has 2 nitrogen and oxygen atoms in total. The molecule has 0 radical (unpaired) electrons. The number of rotatable bonds is 2. The summed E-state index contributed by atoms with van der Waals surface area (Å²) in [5.41, 5.74) is 0. The Bertz CT molecular complexity index is 128. The molecule has 0 aromatic heterocycles. The maximum atomic E-state index is 10.9. The lowest BCUT2D eigenvalue weighted by Crippen LogP contribution is -1.74. The highest BCUT2D eigenvalue weighted by atomic mass is 31.2. The largest absolute Gasteiger partial charge is 0.329 e. The third kappa shape index (κ3) is 3.00. The van der Waals surface area contributed by atoms with Gasteiger partial charge in [-0.3, -0.25) is 4.57 Å². The molecule has 0 aliphatic rings. The fourth-order valence-corrected chi connectivity index (χ4v) is 0.995. The molecular formula is C5H11O2P. The van der Waals surface area contributed by atoms with Gasteiger partial charge in [-0.1, -0.05) is 6.08 Å². The summed E-state index contributed by atoms with van der Waals surface area (Å²) in [6, 6.07) is 0. The van der Waals surface area contributed by atoms with E-state index in [4.69, 9.17) is 0 Å². The maximum Gasteiger partial charge on any atom is 0.221 e. The van der Waals surface area contributed by atoms with Crippen LogP contribution in [0.5, 0.6) is 0 Å². The third-order valence-corrected chi connectivity index (χ3v) is 2.35. The number of allylic oxidation sites excluding steroid dienone is 1. The quantitative estimate of drug-likeness (QED) is 0.540. The predicted octanol–water partition coefficient (Wildman–Crippen LogP) is 2.07. The van der Waals surface area contributed by atoms with Crippen molar-refractivity contribution in [3.8, 4) is 0 Å². The van der Waals surface area contributed by atoms with E-state index in [1.54, 1.807) is 18.6 Å². The van der Waals surface area contributed by atoms with E-state index < -0.39 is 7.37 Å². The number of hydrogen-bond acceptors (Lipinski definition) is 2. The first-order chi connectivity index (χ1) is 3.62. The zero-order valence-corrected chi connectivity index (χ0v) is 6.31. The minimum absolute atomic E-state index is 1.45. The lowest BCUT2D eigenvalue weighted by atomic mass is 10.8. The van der Waals surface area contributed by atoms with Crippen molar-refractivity contribution in [3.63, 3.8) is 0 Å². The molecule has 0 N–H and O–H groups in total. The van der Waals surface area contributed by atoms with Gasteiger partial charge >= 0.3 is 0 Å². The third-order valence-electron chi connectivity index (χ3n) is 0.782. The van der Waals surface area contributed by atoms with E-state index >= 15 is 0 Å². The van der Waals surface area contributed by atoms with Crippen molar-refractivity contribution in [1.82, 2.24) is 0 Å². The second-order valence-electron chi connectivity index (χ2n) is 1.57. The molecule has 0 saturated heterocycles. The maximum absolute atomic E-state index is 10.9. The van der Waals surface area contributed by atoms with E-state index in [2.05, 4.69) is 4.52 Å². The van der Waals surface area contributed by atoms with Gasteiger partial charge in [-0.2, -0.15) is 0 Å². The van der Waals surface area contributed by atoms with Crippen LogP contribution in [0.2, 0.25) is 0 Å². The van der Waals surface area contributed by atoms with E-state index in [1.165, 1.54) is 7.11 Å². The topological polar surface area (TPSA) is 26.3 Å². The Balaban J connectivity index is 3.93. The van der Waals surface area contributed by atoms with Gasteiger partial charge < -0.3 is 4.52 Å². The molecule has 0 aromatic carbocycles. The van der Waals surface area contributed by atoms with Crippen LogP contribution in [0.4, 0.5) is 0 Å². The van der Waals surface area contributed by atoms with Crippen molar-refractivity contribution in [2.24, 2.45) is 0 Å². The highest BCUT2D eigenvalue weighted by Gasteiger charge is 2.04. The monoisotopic (exact) mass is 134 g/mol. The van der Waals surface area contributed by atoms with Crippen molar-refractivity contribution in [2.45, 2.75) is 6.92 Å². The van der Waals surface area contributed by atoms with Crippen LogP contribution in [0, 0.1) is 0 Å². The molecule has 48 valence electrons. The van der Waals surface area contributed by atoms with E-state index in [0.717, 1.165) is 0 Å². The average Bonchev–Trinajstić information content (AvgIpc) is 1.67. The van der Waals surface area contributed by atoms with Gasteiger partial charge in [-0.25, -0.2) is 0 Å². The minimum Gasteiger partial charge on any atom is -0.329 e. The van der Waals surface area contributed by atoms with Gasteiger partial charge in [0.1, 0.15) is 0 Å². The van der Waals surface area contributed by atoms with Gasteiger partial charge in [0, 0.05) is 13.8 Å². The first-order valence-electron chi connectivity index (χ1n) is 2.39.